The minimum absolute atomic E-state index is 0.0454. The van der Waals surface area contributed by atoms with Gasteiger partial charge >= 0.3 is 0 Å². The van der Waals surface area contributed by atoms with E-state index in [4.69, 9.17) is 9.47 Å². The minimum Gasteiger partial charge on any atom is -0.497 e. The zero-order valence-corrected chi connectivity index (χ0v) is 23.8. The molecular formula is C32H26FN3O5S. The van der Waals surface area contributed by atoms with Crippen molar-refractivity contribution in [2.45, 2.75) is 11.8 Å². The molecule has 4 aromatic carbocycles. The molecule has 1 aliphatic rings. The molecule has 0 bridgehead atoms. The Bertz CT molecular complexity index is 1720. The van der Waals surface area contributed by atoms with Crippen LogP contribution in [-0.2, 0) is 9.59 Å². The number of nitrogens with one attached hydrogen (secondary N) is 2. The Morgan fingerprint density at radius 1 is 0.857 bits per heavy atom. The SMILES string of the molecule is COc1cccc(C(=O)Nc2cccc(SC3=C(Nc4cc(C)ccc4OC)C(=O)N(c4ccc(F)cc4)C3=O)c2)c1. The van der Waals surface area contributed by atoms with Crippen molar-refractivity contribution in [3.05, 3.63) is 119 Å². The average Bonchev–Trinajstić information content (AvgIpc) is 3.21. The van der Waals surface area contributed by atoms with Crippen LogP contribution in [0.3, 0.4) is 0 Å². The number of anilines is 3. The lowest BCUT2D eigenvalue weighted by Crippen LogP contribution is -2.32. The van der Waals surface area contributed by atoms with Crippen LogP contribution in [0.2, 0.25) is 0 Å². The van der Waals surface area contributed by atoms with Gasteiger partial charge in [-0.2, -0.15) is 0 Å². The fraction of sp³-hybridized carbons (Fsp3) is 0.0938. The molecule has 0 spiro atoms. The predicted octanol–water partition coefficient (Wildman–Crippen LogP) is 6.39. The van der Waals surface area contributed by atoms with Gasteiger partial charge < -0.3 is 20.1 Å². The van der Waals surface area contributed by atoms with Crippen molar-refractivity contribution < 1.29 is 28.2 Å². The number of carbonyl (C=O) groups excluding carboxylic acids is 3. The van der Waals surface area contributed by atoms with Crippen LogP contribution < -0.4 is 25.0 Å². The second-order valence-corrected chi connectivity index (χ2v) is 10.4. The highest BCUT2D eigenvalue weighted by molar-refractivity contribution is 8.04. The first kappa shape index (κ1) is 28.4. The molecule has 3 amide bonds. The molecule has 0 radical (unpaired) electrons. The molecule has 0 saturated carbocycles. The van der Waals surface area contributed by atoms with E-state index in [-0.39, 0.29) is 22.2 Å². The summed E-state index contributed by atoms with van der Waals surface area (Å²) < 4.78 is 24.3. The van der Waals surface area contributed by atoms with Gasteiger partial charge in [-0.25, -0.2) is 9.29 Å². The first-order valence-corrected chi connectivity index (χ1v) is 13.6. The molecule has 0 fully saturated rings. The lowest BCUT2D eigenvalue weighted by molar-refractivity contribution is -0.120. The second-order valence-electron chi connectivity index (χ2n) is 9.27. The number of thioether (sulfide) groups is 1. The van der Waals surface area contributed by atoms with Crippen LogP contribution >= 0.6 is 11.8 Å². The van der Waals surface area contributed by atoms with Crippen LogP contribution in [-0.4, -0.2) is 31.9 Å². The number of amides is 3. The highest BCUT2D eigenvalue weighted by atomic mass is 32.2. The molecule has 212 valence electrons. The summed E-state index contributed by atoms with van der Waals surface area (Å²) in [5.74, 6) is -0.953. The number of aryl methyl sites for hydroxylation is 1. The quantitative estimate of drug-likeness (QED) is 0.220. The van der Waals surface area contributed by atoms with Crippen molar-refractivity contribution >= 4 is 46.5 Å². The maximum atomic E-state index is 13.7. The Kier molecular flexibility index (Phi) is 8.26. The molecule has 8 nitrogen and oxygen atoms in total. The Morgan fingerprint density at radius 2 is 1.62 bits per heavy atom. The van der Waals surface area contributed by atoms with E-state index in [0.717, 1.165) is 22.2 Å². The van der Waals surface area contributed by atoms with Gasteiger partial charge in [0.15, 0.2) is 0 Å². The van der Waals surface area contributed by atoms with E-state index in [9.17, 15) is 18.8 Å². The summed E-state index contributed by atoms with van der Waals surface area (Å²) in [6.07, 6.45) is 0. The van der Waals surface area contributed by atoms with Gasteiger partial charge in [0.25, 0.3) is 17.7 Å². The second kappa shape index (κ2) is 12.2. The molecule has 0 aromatic heterocycles. The molecule has 5 rings (SSSR count). The van der Waals surface area contributed by atoms with Crippen molar-refractivity contribution in [2.75, 3.05) is 29.8 Å². The molecule has 42 heavy (non-hydrogen) atoms. The fourth-order valence-electron chi connectivity index (χ4n) is 4.32. The number of benzene rings is 4. The van der Waals surface area contributed by atoms with Gasteiger partial charge in [0, 0.05) is 16.1 Å². The van der Waals surface area contributed by atoms with Crippen molar-refractivity contribution in [1.29, 1.82) is 0 Å². The van der Waals surface area contributed by atoms with Crippen LogP contribution in [0.4, 0.5) is 21.5 Å². The van der Waals surface area contributed by atoms with Crippen LogP contribution in [0.5, 0.6) is 11.5 Å². The van der Waals surface area contributed by atoms with E-state index in [0.29, 0.717) is 33.3 Å². The van der Waals surface area contributed by atoms with E-state index in [1.165, 1.54) is 38.5 Å². The van der Waals surface area contributed by atoms with E-state index in [2.05, 4.69) is 10.6 Å². The molecule has 1 aliphatic heterocycles. The summed E-state index contributed by atoms with van der Waals surface area (Å²) in [5, 5.41) is 5.96. The topological polar surface area (TPSA) is 97.0 Å². The summed E-state index contributed by atoms with van der Waals surface area (Å²) in [4.78, 5) is 42.0. The molecule has 1 heterocycles. The summed E-state index contributed by atoms with van der Waals surface area (Å²) in [5.41, 5.74) is 2.61. The highest BCUT2D eigenvalue weighted by Crippen LogP contribution is 2.39. The molecule has 0 saturated heterocycles. The standard InChI is InChI=1S/C32H26FN3O5S/c1-19-10-15-27(41-3)26(16-19)35-28-29(32(39)36(31(28)38)23-13-11-21(33)12-14-23)42-25-9-5-7-22(18-25)34-30(37)20-6-4-8-24(17-20)40-2/h4-18,35H,1-3H3,(H,34,37). The number of ether oxygens (including phenoxy) is 2. The first-order chi connectivity index (χ1) is 20.3. The molecule has 0 unspecified atom stereocenters. The lowest BCUT2D eigenvalue weighted by atomic mass is 10.2. The normalized spacial score (nSPS) is 12.9. The van der Waals surface area contributed by atoms with Gasteiger partial charge in [-0.3, -0.25) is 14.4 Å². The Hall–Kier alpha value is -5.09. The van der Waals surface area contributed by atoms with Crippen LogP contribution in [0, 0.1) is 12.7 Å². The van der Waals surface area contributed by atoms with Crippen molar-refractivity contribution in [1.82, 2.24) is 0 Å². The smallest absolute Gasteiger partial charge is 0.283 e. The predicted molar refractivity (Wildman–Crippen MR) is 161 cm³/mol. The van der Waals surface area contributed by atoms with E-state index in [1.54, 1.807) is 60.7 Å². The van der Waals surface area contributed by atoms with Crippen molar-refractivity contribution in [3.8, 4) is 11.5 Å². The number of rotatable bonds is 9. The molecule has 0 aliphatic carbocycles. The summed E-state index contributed by atoms with van der Waals surface area (Å²) in [7, 11) is 3.04. The maximum Gasteiger partial charge on any atom is 0.283 e. The van der Waals surface area contributed by atoms with Crippen LogP contribution in [0.1, 0.15) is 15.9 Å². The van der Waals surface area contributed by atoms with Gasteiger partial charge in [-0.1, -0.05) is 30.0 Å². The van der Waals surface area contributed by atoms with Gasteiger partial charge in [-0.05, 0) is 85.3 Å². The summed E-state index contributed by atoms with van der Waals surface area (Å²) >= 11 is 1.07. The number of nitrogens with zero attached hydrogens (tertiary/aromatic N) is 1. The Morgan fingerprint density at radius 3 is 2.36 bits per heavy atom. The number of halogens is 1. The van der Waals surface area contributed by atoms with Gasteiger partial charge in [0.05, 0.1) is 25.6 Å². The number of hydrogen-bond donors (Lipinski definition) is 2. The highest BCUT2D eigenvalue weighted by Gasteiger charge is 2.40. The molecular weight excluding hydrogens is 557 g/mol. The number of methoxy groups -OCH3 is 2. The monoisotopic (exact) mass is 583 g/mol. The Balaban J connectivity index is 1.48. The largest absolute Gasteiger partial charge is 0.497 e. The molecule has 4 aromatic rings. The third-order valence-electron chi connectivity index (χ3n) is 6.38. The van der Waals surface area contributed by atoms with E-state index >= 15 is 0 Å². The Labute approximate surface area is 246 Å². The van der Waals surface area contributed by atoms with E-state index < -0.39 is 17.6 Å². The zero-order chi connectivity index (χ0) is 29.8. The van der Waals surface area contributed by atoms with Crippen molar-refractivity contribution in [2.24, 2.45) is 0 Å². The van der Waals surface area contributed by atoms with Gasteiger partial charge in [0.2, 0.25) is 0 Å². The molecule has 10 heteroatoms. The maximum absolute atomic E-state index is 13.7. The van der Waals surface area contributed by atoms with E-state index in [1.807, 2.05) is 13.0 Å². The molecule has 2 N–H and O–H groups in total. The number of hydrogen-bond acceptors (Lipinski definition) is 7. The third-order valence-corrected chi connectivity index (χ3v) is 7.46. The average molecular weight is 584 g/mol. The lowest BCUT2D eigenvalue weighted by Gasteiger charge is -2.16. The minimum atomic E-state index is -0.597. The summed E-state index contributed by atoms with van der Waals surface area (Å²) in [6, 6.07) is 24.3. The number of carbonyl (C=O) groups is 3. The zero-order valence-electron chi connectivity index (χ0n) is 22.9. The van der Waals surface area contributed by atoms with Crippen LogP contribution in [0.25, 0.3) is 0 Å². The number of imide groups is 1. The molecule has 0 atom stereocenters. The first-order valence-electron chi connectivity index (χ1n) is 12.8. The fourth-order valence-corrected chi connectivity index (χ4v) is 5.30. The van der Waals surface area contributed by atoms with Crippen LogP contribution in [0.15, 0.2) is 106 Å². The summed E-state index contributed by atoms with van der Waals surface area (Å²) in [6.45, 7) is 1.90. The van der Waals surface area contributed by atoms with Crippen molar-refractivity contribution in [3.63, 3.8) is 0 Å². The third kappa shape index (κ3) is 5.98. The van der Waals surface area contributed by atoms with Gasteiger partial charge in [-0.15, -0.1) is 0 Å². The van der Waals surface area contributed by atoms with Gasteiger partial charge in [0.1, 0.15) is 27.9 Å².